The largest absolute Gasteiger partial charge is 0.496 e. The molecule has 0 bridgehead atoms. The summed E-state index contributed by atoms with van der Waals surface area (Å²) in [4.78, 5) is 48.4. The Hall–Kier alpha value is -6.44. The van der Waals surface area contributed by atoms with E-state index in [4.69, 9.17) is 9.47 Å². The topological polar surface area (TPSA) is 130 Å². The summed E-state index contributed by atoms with van der Waals surface area (Å²) in [5.41, 5.74) is 5.40. The van der Waals surface area contributed by atoms with Crippen molar-refractivity contribution >= 4 is 45.5 Å². The molecule has 0 aliphatic carbocycles. The molecule has 8 rings (SSSR count). The van der Waals surface area contributed by atoms with Crippen LogP contribution in [-0.2, 0) is 16.1 Å². The van der Waals surface area contributed by atoms with Crippen LogP contribution in [0.5, 0.6) is 5.75 Å². The van der Waals surface area contributed by atoms with Crippen molar-refractivity contribution in [3.05, 3.63) is 108 Å². The van der Waals surface area contributed by atoms with Gasteiger partial charge >= 0.3 is 5.97 Å². The van der Waals surface area contributed by atoms with Crippen molar-refractivity contribution in [2.24, 2.45) is 0 Å². The van der Waals surface area contributed by atoms with E-state index in [0.29, 0.717) is 91.4 Å². The van der Waals surface area contributed by atoms with Crippen LogP contribution in [0.1, 0.15) is 46.2 Å². The fraction of sp³-hybridized carbons (Fsp3) is 0.293. The van der Waals surface area contributed by atoms with Crippen molar-refractivity contribution in [1.82, 2.24) is 34.2 Å². The third kappa shape index (κ3) is 7.02. The number of methoxy groups -OCH3 is 1. The Morgan fingerprint density at radius 1 is 0.927 bits per heavy atom. The van der Waals surface area contributed by atoms with Crippen LogP contribution in [0.15, 0.2) is 85.5 Å². The minimum Gasteiger partial charge on any atom is -0.496 e. The molecule has 14 heteroatoms. The number of pyridine rings is 1. The van der Waals surface area contributed by atoms with Crippen molar-refractivity contribution in [1.29, 1.82) is 0 Å². The van der Waals surface area contributed by atoms with Gasteiger partial charge in [-0.15, -0.1) is 5.10 Å². The van der Waals surface area contributed by atoms with Crippen molar-refractivity contribution in [3.63, 3.8) is 0 Å². The van der Waals surface area contributed by atoms with E-state index in [0.717, 1.165) is 16.8 Å². The number of carbonyl (C=O) groups is 3. The van der Waals surface area contributed by atoms with Gasteiger partial charge in [0.05, 0.1) is 43.2 Å². The Morgan fingerprint density at radius 2 is 1.76 bits per heavy atom. The Kier molecular flexibility index (Phi) is 9.79. The van der Waals surface area contributed by atoms with Crippen molar-refractivity contribution in [2.45, 2.75) is 26.3 Å². The summed E-state index contributed by atoms with van der Waals surface area (Å²) in [6.45, 7) is 5.40. The number of fused-ring (bicyclic) bond motifs is 2. The number of nitrogens with zero attached hydrogens (tertiary/aromatic N) is 7. The van der Waals surface area contributed by atoms with Gasteiger partial charge in [-0.2, -0.15) is 0 Å². The number of piperazine rings is 1. The zero-order valence-corrected chi connectivity index (χ0v) is 30.7. The maximum Gasteiger partial charge on any atom is 0.339 e. The van der Waals surface area contributed by atoms with Gasteiger partial charge in [-0.1, -0.05) is 29.5 Å². The average Bonchev–Trinajstić information content (AvgIpc) is 4.01. The van der Waals surface area contributed by atoms with Crippen LogP contribution in [0.2, 0.25) is 0 Å². The molecule has 0 radical (unpaired) electrons. The first kappa shape index (κ1) is 35.6. The Balaban J connectivity index is 1.05. The number of benzene rings is 2. The number of H-pyrrole nitrogens is 1. The molecule has 2 aliphatic heterocycles. The summed E-state index contributed by atoms with van der Waals surface area (Å²) in [5.74, 6) is -0.488. The van der Waals surface area contributed by atoms with Gasteiger partial charge in [0, 0.05) is 86.3 Å². The van der Waals surface area contributed by atoms with E-state index in [1.807, 2.05) is 59.1 Å². The average molecular weight is 745 g/mol. The van der Waals surface area contributed by atoms with Gasteiger partial charge in [-0.25, -0.2) is 9.18 Å². The number of aromatic nitrogens is 5. The molecule has 6 heterocycles. The van der Waals surface area contributed by atoms with Crippen molar-refractivity contribution in [3.8, 4) is 16.9 Å². The van der Waals surface area contributed by atoms with Gasteiger partial charge in [0.15, 0.2) is 5.82 Å². The number of anilines is 1. The van der Waals surface area contributed by atoms with E-state index in [2.05, 4.69) is 20.2 Å². The predicted molar refractivity (Wildman–Crippen MR) is 206 cm³/mol. The van der Waals surface area contributed by atoms with Crippen LogP contribution in [0, 0.1) is 5.82 Å². The van der Waals surface area contributed by atoms with E-state index in [-0.39, 0.29) is 36.3 Å². The number of esters is 1. The molecule has 1 saturated heterocycles. The zero-order chi connectivity index (χ0) is 38.1. The third-order valence-corrected chi connectivity index (χ3v) is 10.4. The first-order valence-corrected chi connectivity index (χ1v) is 18.4. The quantitative estimate of drug-likeness (QED) is 0.178. The monoisotopic (exact) mass is 744 g/mol. The van der Waals surface area contributed by atoms with Gasteiger partial charge < -0.3 is 33.6 Å². The molecule has 282 valence electrons. The molecule has 0 saturated carbocycles. The molecule has 0 unspecified atom stereocenters. The second-order valence-corrected chi connectivity index (χ2v) is 13.7. The smallest absolute Gasteiger partial charge is 0.339 e. The number of aryl methyl sites for hydroxylation is 1. The van der Waals surface area contributed by atoms with Gasteiger partial charge in [0.25, 0.3) is 5.91 Å². The van der Waals surface area contributed by atoms with Crippen LogP contribution >= 0.6 is 0 Å². The lowest BCUT2D eigenvalue weighted by atomic mass is 9.93. The summed E-state index contributed by atoms with van der Waals surface area (Å²) in [6.07, 6.45) is 9.84. The van der Waals surface area contributed by atoms with E-state index < -0.39 is 5.82 Å². The maximum atomic E-state index is 16.8. The van der Waals surface area contributed by atoms with Crippen molar-refractivity contribution in [2.75, 3.05) is 57.9 Å². The zero-order valence-electron chi connectivity index (χ0n) is 30.7. The molecule has 1 N–H and O–H groups in total. The summed E-state index contributed by atoms with van der Waals surface area (Å²) in [5, 5.41) is 8.31. The van der Waals surface area contributed by atoms with Gasteiger partial charge in [0.1, 0.15) is 11.4 Å². The highest BCUT2D eigenvalue weighted by Crippen LogP contribution is 2.40. The summed E-state index contributed by atoms with van der Waals surface area (Å²) >= 11 is 0. The molecule has 13 nitrogen and oxygen atoms in total. The van der Waals surface area contributed by atoms with E-state index in [9.17, 15) is 14.4 Å². The highest BCUT2D eigenvalue weighted by molar-refractivity contribution is 6.05. The van der Waals surface area contributed by atoms with E-state index >= 15 is 4.39 Å². The second-order valence-electron chi connectivity index (χ2n) is 13.7. The Labute approximate surface area is 316 Å². The standard InChI is InChI=1S/C41H41FN8O5/c1-3-55-41(53)28-21-29-10-11-30(26-49(29)25-28)46-17-19-47(20-18-46)40(52)35-23-34-33(31-8-4-5-9-36(31)54-2)22-32(38(42)39(34)44-35)27-7-6-14-48(24-27)37(51)12-15-50-16-13-43-45-50/h4-5,7-11,13,16,21-23,25-26,44H,3,6,12,14-15,17-20,24H2,1-2H3. The fourth-order valence-electron chi connectivity index (χ4n) is 7.52. The molecular formula is C41H41FN8O5. The number of para-hydroxylation sites is 1. The minimum absolute atomic E-state index is 0.0474. The number of aromatic amines is 1. The molecule has 6 aromatic rings. The van der Waals surface area contributed by atoms with E-state index in [1.165, 1.54) is 0 Å². The number of nitrogens with one attached hydrogen (secondary N) is 1. The fourth-order valence-corrected chi connectivity index (χ4v) is 7.52. The first-order chi connectivity index (χ1) is 26.8. The Morgan fingerprint density at radius 3 is 2.55 bits per heavy atom. The number of hydrogen-bond acceptors (Lipinski definition) is 8. The summed E-state index contributed by atoms with van der Waals surface area (Å²) < 4.78 is 31.2. The van der Waals surface area contributed by atoms with Crippen LogP contribution in [0.25, 0.3) is 33.1 Å². The minimum atomic E-state index is -0.479. The van der Waals surface area contributed by atoms with Crippen LogP contribution in [-0.4, -0.2) is 105 Å². The number of amides is 2. The SMILES string of the molecule is CCOC(=O)c1cc2ccc(N3CCN(C(=O)c4cc5c(-c6ccccc6OC)cc(C6=CCCN(C(=O)CCn7ccnn7)C6)c(F)c5[nH]4)CC3)cn2c1. The molecular weight excluding hydrogens is 704 g/mol. The summed E-state index contributed by atoms with van der Waals surface area (Å²) in [7, 11) is 1.59. The number of rotatable bonds is 10. The van der Waals surface area contributed by atoms with Crippen molar-refractivity contribution < 1.29 is 28.2 Å². The normalized spacial score (nSPS) is 14.7. The number of hydrogen-bond donors (Lipinski definition) is 1. The van der Waals surface area contributed by atoms with E-state index in [1.54, 1.807) is 59.2 Å². The molecule has 55 heavy (non-hydrogen) atoms. The lowest BCUT2D eigenvalue weighted by Gasteiger charge is -2.36. The second kappa shape index (κ2) is 15.1. The lowest BCUT2D eigenvalue weighted by molar-refractivity contribution is -0.131. The third-order valence-electron chi connectivity index (χ3n) is 10.4. The molecule has 2 aliphatic rings. The van der Waals surface area contributed by atoms with Gasteiger partial charge in [0.2, 0.25) is 5.91 Å². The van der Waals surface area contributed by atoms with Gasteiger partial charge in [-0.3, -0.25) is 14.3 Å². The van der Waals surface area contributed by atoms with Crippen LogP contribution in [0.4, 0.5) is 10.1 Å². The molecule has 4 aromatic heterocycles. The molecule has 0 atom stereocenters. The number of carbonyl (C=O) groups excluding carboxylic acids is 3. The van der Waals surface area contributed by atoms with Crippen LogP contribution < -0.4 is 9.64 Å². The number of halogens is 1. The molecule has 0 spiro atoms. The molecule has 2 aromatic carbocycles. The highest BCUT2D eigenvalue weighted by atomic mass is 19.1. The molecule has 2 amide bonds. The summed E-state index contributed by atoms with van der Waals surface area (Å²) in [6, 6.07) is 16.9. The van der Waals surface area contributed by atoms with Crippen LogP contribution in [0.3, 0.4) is 0 Å². The number of ether oxygens (including phenoxy) is 2. The maximum absolute atomic E-state index is 16.8. The Bertz CT molecular complexity index is 2430. The van der Waals surface area contributed by atoms with Gasteiger partial charge in [-0.05, 0) is 60.9 Å². The highest BCUT2D eigenvalue weighted by Gasteiger charge is 2.28. The first-order valence-electron chi connectivity index (χ1n) is 18.4. The lowest BCUT2D eigenvalue weighted by Crippen LogP contribution is -2.48. The predicted octanol–water partition coefficient (Wildman–Crippen LogP) is 5.67. The molecule has 1 fully saturated rings.